The Bertz CT molecular complexity index is 1090. The van der Waals surface area contributed by atoms with Crippen LogP contribution in [0.15, 0.2) is 59.5 Å². The molecule has 2 fully saturated rings. The van der Waals surface area contributed by atoms with E-state index in [1.54, 1.807) is 28.0 Å². The Kier molecular flexibility index (Phi) is 9.13. The van der Waals surface area contributed by atoms with E-state index in [-0.39, 0.29) is 36.5 Å². The number of hydrogen-bond acceptors (Lipinski definition) is 6. The molecular formula is C26H30ClFN4O4. The summed E-state index contributed by atoms with van der Waals surface area (Å²) < 4.78 is 24.2. The van der Waals surface area contributed by atoms with Gasteiger partial charge < -0.3 is 25.0 Å². The molecule has 0 aliphatic carbocycles. The molecule has 1 unspecified atom stereocenters. The molecule has 2 N–H and O–H groups in total. The number of primary amides is 1. The summed E-state index contributed by atoms with van der Waals surface area (Å²) >= 11 is 6.30. The number of nitriles is 1. The molecule has 1 atom stereocenters. The molecule has 1 aromatic rings. The zero-order valence-corrected chi connectivity index (χ0v) is 21.0. The van der Waals surface area contributed by atoms with Gasteiger partial charge in [0.05, 0.1) is 43.3 Å². The molecule has 2 aliphatic heterocycles. The topological polar surface area (TPSA) is 109 Å². The third-order valence-corrected chi connectivity index (χ3v) is 6.80. The van der Waals surface area contributed by atoms with Gasteiger partial charge in [0.15, 0.2) is 6.10 Å². The maximum atomic E-state index is 13.3. The molecule has 0 bridgehead atoms. The van der Waals surface area contributed by atoms with Gasteiger partial charge in [0.1, 0.15) is 11.6 Å². The van der Waals surface area contributed by atoms with Gasteiger partial charge in [-0.15, -0.1) is 0 Å². The van der Waals surface area contributed by atoms with Crippen LogP contribution in [0, 0.1) is 22.6 Å². The highest BCUT2D eigenvalue weighted by Crippen LogP contribution is 2.35. The van der Waals surface area contributed by atoms with Crippen molar-refractivity contribution < 1.29 is 23.5 Å². The number of benzene rings is 1. The Morgan fingerprint density at radius 3 is 2.58 bits per heavy atom. The lowest BCUT2D eigenvalue weighted by molar-refractivity contribution is -0.149. The standard InChI is InChI=1S/C26H30ClFN4O4/c1-3-22(35-2)21(27)12-20-16-36-23(14-32(20)15-24(30)33)25(34)31-10-8-26(17-29,9-11-31)13-18-4-6-19(28)7-5-18/h3-7,12,23H,1,8-11,13-16H2,2H3,(H2,30,33)/b20-12+,22-21-. The first-order valence-corrected chi connectivity index (χ1v) is 11.9. The minimum Gasteiger partial charge on any atom is -0.495 e. The van der Waals surface area contributed by atoms with Crippen LogP contribution < -0.4 is 5.73 Å². The zero-order valence-electron chi connectivity index (χ0n) is 20.2. The second-order valence-electron chi connectivity index (χ2n) is 8.92. The van der Waals surface area contributed by atoms with Crippen molar-refractivity contribution in [2.75, 3.05) is 39.9 Å². The predicted molar refractivity (Wildman–Crippen MR) is 133 cm³/mol. The average molecular weight is 517 g/mol. The Hall–Kier alpha value is -3.35. The maximum absolute atomic E-state index is 13.3. The van der Waals surface area contributed by atoms with Gasteiger partial charge in [-0.1, -0.05) is 30.3 Å². The summed E-state index contributed by atoms with van der Waals surface area (Å²) in [5, 5.41) is 10.2. The summed E-state index contributed by atoms with van der Waals surface area (Å²) in [6.07, 6.45) is 3.76. The van der Waals surface area contributed by atoms with Crippen LogP contribution in [0.4, 0.5) is 4.39 Å². The number of carbonyl (C=O) groups excluding carboxylic acids is 2. The van der Waals surface area contributed by atoms with Gasteiger partial charge in [-0.05, 0) is 49.1 Å². The largest absolute Gasteiger partial charge is 0.495 e. The summed E-state index contributed by atoms with van der Waals surface area (Å²) in [6.45, 7) is 4.52. The number of piperidine rings is 1. The van der Waals surface area contributed by atoms with Gasteiger partial charge >= 0.3 is 0 Å². The van der Waals surface area contributed by atoms with Crippen molar-refractivity contribution in [2.45, 2.75) is 25.4 Å². The van der Waals surface area contributed by atoms with Crippen LogP contribution in [0.1, 0.15) is 18.4 Å². The van der Waals surface area contributed by atoms with E-state index in [4.69, 9.17) is 26.8 Å². The number of hydrogen-bond donors (Lipinski definition) is 1. The van der Waals surface area contributed by atoms with E-state index in [0.717, 1.165) is 5.56 Å². The van der Waals surface area contributed by atoms with Crippen molar-refractivity contribution in [3.8, 4) is 6.07 Å². The van der Waals surface area contributed by atoms with Crippen molar-refractivity contribution in [3.05, 3.63) is 70.9 Å². The molecule has 2 saturated heterocycles. The van der Waals surface area contributed by atoms with Crippen molar-refractivity contribution in [2.24, 2.45) is 11.1 Å². The first-order chi connectivity index (χ1) is 17.2. The highest BCUT2D eigenvalue weighted by atomic mass is 35.5. The third-order valence-electron chi connectivity index (χ3n) is 6.51. The van der Waals surface area contributed by atoms with E-state index >= 15 is 0 Å². The SMILES string of the molecule is C=C/C(OC)=C(Cl)\C=C1/COC(C(=O)N2CCC(C#N)(Cc3ccc(F)cc3)CC2)CN1CC(N)=O. The Balaban J connectivity index is 1.67. The number of morpholine rings is 1. The van der Waals surface area contributed by atoms with Gasteiger partial charge in [0, 0.05) is 18.8 Å². The predicted octanol–water partition coefficient (Wildman–Crippen LogP) is 2.85. The first-order valence-electron chi connectivity index (χ1n) is 11.6. The van der Waals surface area contributed by atoms with Crippen molar-refractivity contribution in [1.29, 1.82) is 5.26 Å². The second kappa shape index (κ2) is 12.1. The van der Waals surface area contributed by atoms with E-state index < -0.39 is 17.4 Å². The quantitative estimate of drug-likeness (QED) is 0.420. The Labute approximate surface area is 215 Å². The smallest absolute Gasteiger partial charge is 0.253 e. The number of methoxy groups -OCH3 is 1. The number of nitrogens with zero attached hydrogens (tertiary/aromatic N) is 3. The fraction of sp³-hybridized carbons (Fsp3) is 0.423. The summed E-state index contributed by atoms with van der Waals surface area (Å²) in [5.74, 6) is -0.722. The number of likely N-dealkylation sites (tertiary alicyclic amines) is 1. The number of rotatable bonds is 8. The highest BCUT2D eigenvalue weighted by molar-refractivity contribution is 6.31. The number of carbonyl (C=O) groups is 2. The lowest BCUT2D eigenvalue weighted by Crippen LogP contribution is -2.54. The van der Waals surface area contributed by atoms with E-state index in [2.05, 4.69) is 12.6 Å². The zero-order chi connectivity index (χ0) is 26.3. The molecule has 0 aromatic heterocycles. The lowest BCUT2D eigenvalue weighted by atomic mass is 9.75. The second-order valence-corrected chi connectivity index (χ2v) is 9.33. The summed E-state index contributed by atoms with van der Waals surface area (Å²) in [6, 6.07) is 8.57. The molecule has 2 aliphatic rings. The van der Waals surface area contributed by atoms with Crippen molar-refractivity contribution in [3.63, 3.8) is 0 Å². The molecule has 3 rings (SSSR count). The van der Waals surface area contributed by atoms with Crippen LogP contribution in [0.25, 0.3) is 0 Å². The van der Waals surface area contributed by atoms with Crippen LogP contribution in [-0.4, -0.2) is 67.6 Å². The lowest BCUT2D eigenvalue weighted by Gasteiger charge is -2.41. The first kappa shape index (κ1) is 27.2. The van der Waals surface area contributed by atoms with Gasteiger partial charge in [0.2, 0.25) is 5.91 Å². The van der Waals surface area contributed by atoms with Crippen LogP contribution in [0.2, 0.25) is 0 Å². The fourth-order valence-electron chi connectivity index (χ4n) is 4.46. The molecule has 2 amide bonds. The minimum absolute atomic E-state index is 0.0502. The molecule has 36 heavy (non-hydrogen) atoms. The molecule has 10 heteroatoms. The number of amides is 2. The average Bonchev–Trinajstić information content (AvgIpc) is 2.87. The third kappa shape index (κ3) is 6.65. The fourth-order valence-corrected chi connectivity index (χ4v) is 4.74. The van der Waals surface area contributed by atoms with Crippen molar-refractivity contribution in [1.82, 2.24) is 9.80 Å². The van der Waals surface area contributed by atoms with Crippen LogP contribution >= 0.6 is 11.6 Å². The van der Waals surface area contributed by atoms with Gasteiger partial charge in [-0.2, -0.15) is 5.26 Å². The van der Waals surface area contributed by atoms with E-state index in [1.807, 2.05) is 0 Å². The van der Waals surface area contributed by atoms with E-state index in [1.165, 1.54) is 25.3 Å². The summed E-state index contributed by atoms with van der Waals surface area (Å²) in [7, 11) is 1.46. The molecule has 0 radical (unpaired) electrons. The molecule has 8 nitrogen and oxygen atoms in total. The molecule has 192 valence electrons. The molecule has 0 spiro atoms. The van der Waals surface area contributed by atoms with Gasteiger partial charge in [-0.25, -0.2) is 4.39 Å². The summed E-state index contributed by atoms with van der Waals surface area (Å²) in [5.41, 5.74) is 6.28. The maximum Gasteiger partial charge on any atom is 0.253 e. The van der Waals surface area contributed by atoms with Gasteiger partial charge in [0.25, 0.3) is 5.91 Å². The minimum atomic E-state index is -0.794. The van der Waals surface area contributed by atoms with E-state index in [0.29, 0.717) is 43.8 Å². The highest BCUT2D eigenvalue weighted by Gasteiger charge is 2.39. The Morgan fingerprint density at radius 2 is 2.03 bits per heavy atom. The van der Waals surface area contributed by atoms with Crippen LogP contribution in [0.3, 0.4) is 0 Å². The molecule has 1 aromatic carbocycles. The van der Waals surface area contributed by atoms with Crippen LogP contribution in [0.5, 0.6) is 0 Å². The monoisotopic (exact) mass is 516 g/mol. The summed E-state index contributed by atoms with van der Waals surface area (Å²) in [4.78, 5) is 28.3. The van der Waals surface area contributed by atoms with Crippen LogP contribution in [-0.2, 0) is 25.5 Å². The molecular weight excluding hydrogens is 487 g/mol. The Morgan fingerprint density at radius 1 is 1.36 bits per heavy atom. The van der Waals surface area contributed by atoms with E-state index in [9.17, 15) is 19.2 Å². The number of nitrogens with two attached hydrogens (primary N) is 1. The van der Waals surface area contributed by atoms with Gasteiger partial charge in [-0.3, -0.25) is 9.59 Å². The number of halogens is 2. The molecule has 2 heterocycles. The normalized spacial score (nSPS) is 21.4. The molecule has 0 saturated carbocycles. The van der Waals surface area contributed by atoms with Crippen molar-refractivity contribution >= 4 is 23.4 Å². The number of ether oxygens (including phenoxy) is 2. The number of allylic oxidation sites excluding steroid dienone is 3.